The van der Waals surface area contributed by atoms with E-state index in [0.29, 0.717) is 6.04 Å². The van der Waals surface area contributed by atoms with Crippen LogP contribution in [0.25, 0.3) is 0 Å². The van der Waals surface area contributed by atoms with E-state index in [4.69, 9.17) is 14.6 Å². The van der Waals surface area contributed by atoms with Crippen molar-refractivity contribution < 1.29 is 14.6 Å². The number of hydrogen-bond donors (Lipinski definition) is 1. The summed E-state index contributed by atoms with van der Waals surface area (Å²) in [7, 11) is 3.40. The second kappa shape index (κ2) is 8.04. The molecule has 0 spiro atoms. The monoisotopic (exact) mass is 289 g/mol. The van der Waals surface area contributed by atoms with Crippen LogP contribution in [0.15, 0.2) is 18.2 Å². The Bertz CT molecular complexity index is 515. The van der Waals surface area contributed by atoms with Crippen LogP contribution in [0.1, 0.15) is 24.0 Å². The fourth-order valence-corrected chi connectivity index (χ4v) is 2.34. The molecular weight excluding hydrogens is 266 g/mol. The summed E-state index contributed by atoms with van der Waals surface area (Å²) in [6.07, 6.45) is 2.51. The van der Waals surface area contributed by atoms with Gasteiger partial charge in [0.25, 0.3) is 0 Å². The van der Waals surface area contributed by atoms with Crippen molar-refractivity contribution in [2.75, 3.05) is 34.0 Å². The molecule has 0 aliphatic heterocycles. The van der Waals surface area contributed by atoms with E-state index < -0.39 is 0 Å². The fourth-order valence-electron chi connectivity index (χ4n) is 2.34. The van der Waals surface area contributed by atoms with E-state index in [9.17, 15) is 0 Å². The number of methoxy groups -OCH3 is 2. The van der Waals surface area contributed by atoms with Crippen LogP contribution in [0.2, 0.25) is 0 Å². The summed E-state index contributed by atoms with van der Waals surface area (Å²) in [5.41, 5.74) is 2.09. The first-order chi connectivity index (χ1) is 10.3. The Labute approximate surface area is 126 Å². The highest BCUT2D eigenvalue weighted by molar-refractivity contribution is 5.45. The van der Waals surface area contributed by atoms with Crippen LogP contribution in [0.4, 0.5) is 0 Å². The average Bonchev–Trinajstić information content (AvgIpc) is 3.34. The molecular formula is C17H23NO3. The third-order valence-electron chi connectivity index (χ3n) is 3.63. The van der Waals surface area contributed by atoms with Crippen LogP contribution < -0.4 is 4.74 Å². The molecule has 21 heavy (non-hydrogen) atoms. The molecule has 0 bridgehead atoms. The van der Waals surface area contributed by atoms with Crippen molar-refractivity contribution in [3.05, 3.63) is 29.3 Å². The third-order valence-corrected chi connectivity index (χ3v) is 3.63. The standard InChI is InChI=1S/C17H23NO3/c1-20-11-9-18(16-6-7-16)13-15-12-17(21-2)8-5-14(15)4-3-10-19/h5,8,12,16,19H,6-7,9-11,13H2,1-2H3. The summed E-state index contributed by atoms with van der Waals surface area (Å²) >= 11 is 0. The Hall–Kier alpha value is -1.54. The zero-order valence-corrected chi connectivity index (χ0v) is 12.8. The summed E-state index contributed by atoms with van der Waals surface area (Å²) in [5, 5.41) is 8.89. The Kier molecular flexibility index (Phi) is 6.06. The number of hydrogen-bond acceptors (Lipinski definition) is 4. The molecule has 0 radical (unpaired) electrons. The molecule has 1 aromatic carbocycles. The molecule has 0 atom stereocenters. The zero-order valence-electron chi connectivity index (χ0n) is 12.8. The predicted octanol–water partition coefficient (Wildman–Crippen LogP) is 1.65. The maximum Gasteiger partial charge on any atom is 0.119 e. The Morgan fingerprint density at radius 3 is 2.76 bits per heavy atom. The van der Waals surface area contributed by atoms with Crippen molar-refractivity contribution in [1.29, 1.82) is 0 Å². The topological polar surface area (TPSA) is 41.9 Å². The minimum atomic E-state index is -0.124. The van der Waals surface area contributed by atoms with E-state index in [2.05, 4.69) is 16.7 Å². The highest BCUT2D eigenvalue weighted by Crippen LogP contribution is 2.29. The number of ether oxygens (including phenoxy) is 2. The van der Waals surface area contributed by atoms with Crippen molar-refractivity contribution >= 4 is 0 Å². The van der Waals surface area contributed by atoms with Gasteiger partial charge in [-0.25, -0.2) is 0 Å². The van der Waals surface area contributed by atoms with Gasteiger partial charge in [-0.1, -0.05) is 11.8 Å². The molecule has 4 nitrogen and oxygen atoms in total. The van der Waals surface area contributed by atoms with E-state index in [1.165, 1.54) is 12.8 Å². The van der Waals surface area contributed by atoms with Gasteiger partial charge >= 0.3 is 0 Å². The average molecular weight is 289 g/mol. The minimum absolute atomic E-state index is 0.124. The normalized spacial score (nSPS) is 13.9. The molecule has 1 aliphatic rings. The summed E-state index contributed by atoms with van der Waals surface area (Å²) in [4.78, 5) is 2.43. The Balaban J connectivity index is 2.18. The molecule has 1 saturated carbocycles. The zero-order chi connectivity index (χ0) is 15.1. The summed E-state index contributed by atoms with van der Waals surface area (Å²) in [5.74, 6) is 6.58. The maximum absolute atomic E-state index is 8.89. The van der Waals surface area contributed by atoms with Crippen molar-refractivity contribution in [1.82, 2.24) is 4.90 Å². The lowest BCUT2D eigenvalue weighted by Gasteiger charge is -2.22. The van der Waals surface area contributed by atoms with Crippen LogP contribution in [-0.4, -0.2) is 50.0 Å². The van der Waals surface area contributed by atoms with Gasteiger partial charge < -0.3 is 14.6 Å². The second-order valence-corrected chi connectivity index (χ2v) is 5.18. The van der Waals surface area contributed by atoms with Crippen LogP contribution >= 0.6 is 0 Å². The van der Waals surface area contributed by atoms with E-state index in [1.807, 2.05) is 18.2 Å². The van der Waals surface area contributed by atoms with Gasteiger partial charge in [0.05, 0.1) is 13.7 Å². The molecule has 114 valence electrons. The lowest BCUT2D eigenvalue weighted by molar-refractivity contribution is 0.139. The third kappa shape index (κ3) is 4.75. The van der Waals surface area contributed by atoms with E-state index >= 15 is 0 Å². The molecule has 0 saturated heterocycles. The number of rotatable bonds is 7. The first kappa shape index (κ1) is 15.8. The van der Waals surface area contributed by atoms with E-state index in [0.717, 1.165) is 36.6 Å². The minimum Gasteiger partial charge on any atom is -0.497 e. The fraction of sp³-hybridized carbons (Fsp3) is 0.529. The second-order valence-electron chi connectivity index (χ2n) is 5.18. The van der Waals surface area contributed by atoms with Crippen LogP contribution in [0, 0.1) is 11.8 Å². The predicted molar refractivity (Wildman–Crippen MR) is 82.3 cm³/mol. The number of aliphatic hydroxyl groups is 1. The largest absolute Gasteiger partial charge is 0.497 e. The molecule has 4 heteroatoms. The van der Waals surface area contributed by atoms with Crippen molar-refractivity contribution in [2.45, 2.75) is 25.4 Å². The number of aliphatic hydroxyl groups excluding tert-OH is 1. The first-order valence-corrected chi connectivity index (χ1v) is 7.28. The molecule has 0 unspecified atom stereocenters. The van der Waals surface area contributed by atoms with Crippen LogP contribution in [0.5, 0.6) is 5.75 Å². The lowest BCUT2D eigenvalue weighted by Crippen LogP contribution is -2.29. The lowest BCUT2D eigenvalue weighted by atomic mass is 10.1. The van der Waals surface area contributed by atoms with Crippen LogP contribution in [-0.2, 0) is 11.3 Å². The molecule has 0 amide bonds. The van der Waals surface area contributed by atoms with Gasteiger partial charge in [0.1, 0.15) is 12.4 Å². The van der Waals surface area contributed by atoms with Gasteiger partial charge in [-0.2, -0.15) is 0 Å². The summed E-state index contributed by atoms with van der Waals surface area (Å²) in [6.45, 7) is 2.37. The highest BCUT2D eigenvalue weighted by Gasteiger charge is 2.29. The van der Waals surface area contributed by atoms with Gasteiger partial charge in [0.2, 0.25) is 0 Å². The van der Waals surface area contributed by atoms with Crippen molar-refractivity contribution in [3.8, 4) is 17.6 Å². The van der Waals surface area contributed by atoms with Gasteiger partial charge in [-0.05, 0) is 36.6 Å². The van der Waals surface area contributed by atoms with Crippen molar-refractivity contribution in [3.63, 3.8) is 0 Å². The van der Waals surface area contributed by atoms with Crippen molar-refractivity contribution in [2.24, 2.45) is 0 Å². The van der Waals surface area contributed by atoms with Crippen LogP contribution in [0.3, 0.4) is 0 Å². The van der Waals surface area contributed by atoms with Gasteiger partial charge in [-0.15, -0.1) is 0 Å². The smallest absolute Gasteiger partial charge is 0.119 e. The first-order valence-electron chi connectivity index (χ1n) is 7.28. The Morgan fingerprint density at radius 1 is 1.33 bits per heavy atom. The molecule has 1 fully saturated rings. The summed E-state index contributed by atoms with van der Waals surface area (Å²) in [6, 6.07) is 6.55. The maximum atomic E-state index is 8.89. The van der Waals surface area contributed by atoms with Gasteiger partial charge in [0, 0.05) is 31.8 Å². The van der Waals surface area contributed by atoms with Gasteiger partial charge in [-0.3, -0.25) is 4.90 Å². The quantitative estimate of drug-likeness (QED) is 0.775. The SMILES string of the molecule is COCCN(Cc1cc(OC)ccc1C#CCO)C1CC1. The molecule has 0 aromatic heterocycles. The summed E-state index contributed by atoms with van der Waals surface area (Å²) < 4.78 is 10.5. The molecule has 1 N–H and O–H groups in total. The number of benzene rings is 1. The molecule has 2 rings (SSSR count). The molecule has 1 aliphatic carbocycles. The highest BCUT2D eigenvalue weighted by atomic mass is 16.5. The molecule has 0 heterocycles. The molecule has 1 aromatic rings. The van der Waals surface area contributed by atoms with E-state index in [-0.39, 0.29) is 6.61 Å². The number of nitrogens with zero attached hydrogens (tertiary/aromatic N) is 1. The van der Waals surface area contributed by atoms with Gasteiger partial charge in [0.15, 0.2) is 0 Å². The Morgan fingerprint density at radius 2 is 2.14 bits per heavy atom. The van der Waals surface area contributed by atoms with E-state index in [1.54, 1.807) is 14.2 Å².